The number of rotatable bonds is 4. The van der Waals surface area contributed by atoms with Gasteiger partial charge in [0.05, 0.1) is 0 Å². The monoisotopic (exact) mass is 221 g/mol. The van der Waals surface area contributed by atoms with Crippen molar-refractivity contribution >= 4 is 17.4 Å². The first-order valence-corrected chi connectivity index (χ1v) is 5.09. The van der Waals surface area contributed by atoms with Gasteiger partial charge in [0, 0.05) is 30.2 Å². The highest BCUT2D eigenvalue weighted by molar-refractivity contribution is 5.96. The third-order valence-corrected chi connectivity index (χ3v) is 2.22. The molecule has 0 aliphatic carbocycles. The van der Waals surface area contributed by atoms with Gasteiger partial charge in [0.2, 0.25) is 0 Å². The average Bonchev–Trinajstić information content (AvgIpc) is 2.26. The van der Waals surface area contributed by atoms with E-state index in [4.69, 9.17) is 10.5 Å². The smallest absolute Gasteiger partial charge is 0.302 e. The zero-order valence-corrected chi connectivity index (χ0v) is 9.45. The summed E-state index contributed by atoms with van der Waals surface area (Å²) in [6, 6.07) is 5.02. The summed E-state index contributed by atoms with van der Waals surface area (Å²) in [5.41, 5.74) is 7.53. The summed E-state index contributed by atoms with van der Waals surface area (Å²) in [5, 5.41) is 0. The number of ketones is 1. The fraction of sp³-hybridized carbons (Fsp3) is 0.333. The fourth-order valence-electron chi connectivity index (χ4n) is 1.28. The van der Waals surface area contributed by atoms with Gasteiger partial charge in [0.25, 0.3) is 0 Å². The molecular weight excluding hydrogens is 206 g/mol. The van der Waals surface area contributed by atoms with Gasteiger partial charge in [-0.25, -0.2) is 0 Å². The molecule has 0 aliphatic heterocycles. The summed E-state index contributed by atoms with van der Waals surface area (Å²) in [6.45, 7) is 3.28. The van der Waals surface area contributed by atoms with Gasteiger partial charge in [-0.2, -0.15) is 0 Å². The third-order valence-electron chi connectivity index (χ3n) is 2.22. The zero-order valence-electron chi connectivity index (χ0n) is 9.45. The van der Waals surface area contributed by atoms with E-state index in [1.54, 1.807) is 25.1 Å². The molecule has 1 aromatic rings. The predicted octanol–water partition coefficient (Wildman–Crippen LogP) is 1.92. The van der Waals surface area contributed by atoms with Gasteiger partial charge in [0.1, 0.15) is 6.61 Å². The number of benzene rings is 1. The second-order valence-electron chi connectivity index (χ2n) is 3.47. The number of Topliss-reactive ketones (excluding diaryl/α,β-unsaturated/α-hetero) is 1. The Balaban J connectivity index is 2.83. The standard InChI is InChI=1S/C12H15NO3/c1-3-12(15)9-4-5-10(11(13)6-9)7-16-8(2)14/h4-6H,3,7,13H2,1-2H3. The van der Waals surface area contributed by atoms with Crippen LogP contribution in [0.2, 0.25) is 0 Å². The van der Waals surface area contributed by atoms with Gasteiger partial charge in [-0.1, -0.05) is 19.1 Å². The Labute approximate surface area is 94.4 Å². The molecule has 1 aromatic carbocycles. The minimum atomic E-state index is -0.354. The molecule has 0 heterocycles. The van der Waals surface area contributed by atoms with E-state index in [1.807, 2.05) is 0 Å². The molecule has 0 atom stereocenters. The minimum Gasteiger partial charge on any atom is -0.461 e. The van der Waals surface area contributed by atoms with E-state index < -0.39 is 0 Å². The number of anilines is 1. The van der Waals surface area contributed by atoms with Crippen LogP contribution in [0.4, 0.5) is 5.69 Å². The average molecular weight is 221 g/mol. The van der Waals surface area contributed by atoms with Crippen molar-refractivity contribution in [2.45, 2.75) is 26.9 Å². The van der Waals surface area contributed by atoms with Crippen molar-refractivity contribution in [1.82, 2.24) is 0 Å². The molecule has 1 rings (SSSR count). The van der Waals surface area contributed by atoms with Crippen LogP contribution in [0.15, 0.2) is 18.2 Å². The maximum absolute atomic E-state index is 11.4. The van der Waals surface area contributed by atoms with Crippen molar-refractivity contribution in [3.8, 4) is 0 Å². The lowest BCUT2D eigenvalue weighted by atomic mass is 10.1. The lowest BCUT2D eigenvalue weighted by Gasteiger charge is -2.07. The molecule has 0 spiro atoms. The molecule has 0 aliphatic rings. The number of nitrogen functional groups attached to an aromatic ring is 1. The highest BCUT2D eigenvalue weighted by Crippen LogP contribution is 2.16. The lowest BCUT2D eigenvalue weighted by Crippen LogP contribution is -2.04. The van der Waals surface area contributed by atoms with Crippen LogP contribution in [0.1, 0.15) is 36.2 Å². The zero-order chi connectivity index (χ0) is 12.1. The maximum atomic E-state index is 11.4. The van der Waals surface area contributed by atoms with Gasteiger partial charge in [-0.3, -0.25) is 9.59 Å². The van der Waals surface area contributed by atoms with Crippen molar-refractivity contribution in [3.05, 3.63) is 29.3 Å². The van der Waals surface area contributed by atoms with Crippen molar-refractivity contribution < 1.29 is 14.3 Å². The Bertz CT molecular complexity index is 413. The summed E-state index contributed by atoms with van der Waals surface area (Å²) in [5.74, 6) is -0.307. The number of nitrogens with two attached hydrogens (primary N) is 1. The summed E-state index contributed by atoms with van der Waals surface area (Å²) in [7, 11) is 0. The van der Waals surface area contributed by atoms with Crippen molar-refractivity contribution in [2.24, 2.45) is 0 Å². The molecule has 4 nitrogen and oxygen atoms in total. The minimum absolute atomic E-state index is 0.0470. The number of ether oxygens (including phenoxy) is 1. The molecule has 0 bridgehead atoms. The highest BCUT2D eigenvalue weighted by atomic mass is 16.5. The Morgan fingerprint density at radius 3 is 2.56 bits per heavy atom. The van der Waals surface area contributed by atoms with Crippen LogP contribution in [0, 0.1) is 0 Å². The molecule has 16 heavy (non-hydrogen) atoms. The Morgan fingerprint density at radius 1 is 1.38 bits per heavy atom. The van der Waals surface area contributed by atoms with E-state index in [2.05, 4.69) is 0 Å². The Hall–Kier alpha value is -1.84. The molecule has 0 aromatic heterocycles. The molecule has 0 saturated heterocycles. The number of hydrogen-bond acceptors (Lipinski definition) is 4. The molecule has 2 N–H and O–H groups in total. The molecule has 86 valence electrons. The predicted molar refractivity (Wildman–Crippen MR) is 60.9 cm³/mol. The van der Waals surface area contributed by atoms with E-state index in [-0.39, 0.29) is 18.4 Å². The SMILES string of the molecule is CCC(=O)c1ccc(COC(C)=O)c(N)c1. The van der Waals surface area contributed by atoms with Crippen molar-refractivity contribution in [1.29, 1.82) is 0 Å². The molecule has 0 amide bonds. The first-order valence-electron chi connectivity index (χ1n) is 5.09. The Kier molecular flexibility index (Phi) is 4.05. The second-order valence-corrected chi connectivity index (χ2v) is 3.47. The quantitative estimate of drug-likeness (QED) is 0.479. The molecular formula is C12H15NO3. The van der Waals surface area contributed by atoms with Gasteiger partial charge >= 0.3 is 5.97 Å². The van der Waals surface area contributed by atoms with Crippen LogP contribution in [-0.2, 0) is 16.1 Å². The largest absolute Gasteiger partial charge is 0.461 e. The fourth-order valence-corrected chi connectivity index (χ4v) is 1.28. The van der Waals surface area contributed by atoms with Crippen LogP contribution in [-0.4, -0.2) is 11.8 Å². The van der Waals surface area contributed by atoms with E-state index in [0.29, 0.717) is 23.2 Å². The first kappa shape index (κ1) is 12.2. The van der Waals surface area contributed by atoms with E-state index in [1.165, 1.54) is 6.92 Å². The molecule has 0 fully saturated rings. The first-order chi connectivity index (χ1) is 7.54. The van der Waals surface area contributed by atoms with Crippen LogP contribution in [0.5, 0.6) is 0 Å². The normalized spacial score (nSPS) is 9.88. The molecule has 0 radical (unpaired) electrons. The van der Waals surface area contributed by atoms with Gasteiger partial charge < -0.3 is 10.5 Å². The maximum Gasteiger partial charge on any atom is 0.302 e. The molecule has 4 heteroatoms. The third kappa shape index (κ3) is 3.08. The summed E-state index contributed by atoms with van der Waals surface area (Å²) >= 11 is 0. The molecule has 0 unspecified atom stereocenters. The van der Waals surface area contributed by atoms with E-state index in [0.717, 1.165) is 0 Å². The van der Waals surface area contributed by atoms with Crippen LogP contribution in [0.25, 0.3) is 0 Å². The number of carbonyl (C=O) groups excluding carboxylic acids is 2. The molecule has 0 saturated carbocycles. The highest BCUT2D eigenvalue weighted by Gasteiger charge is 2.07. The van der Waals surface area contributed by atoms with Crippen molar-refractivity contribution in [2.75, 3.05) is 5.73 Å². The number of esters is 1. The van der Waals surface area contributed by atoms with Crippen LogP contribution in [0.3, 0.4) is 0 Å². The van der Waals surface area contributed by atoms with Crippen molar-refractivity contribution in [3.63, 3.8) is 0 Å². The van der Waals surface area contributed by atoms with Crippen LogP contribution < -0.4 is 5.73 Å². The van der Waals surface area contributed by atoms with E-state index >= 15 is 0 Å². The van der Waals surface area contributed by atoms with Gasteiger partial charge in [-0.05, 0) is 6.07 Å². The summed E-state index contributed by atoms with van der Waals surface area (Å²) in [6.07, 6.45) is 0.447. The van der Waals surface area contributed by atoms with E-state index in [9.17, 15) is 9.59 Å². The summed E-state index contributed by atoms with van der Waals surface area (Å²) in [4.78, 5) is 22.0. The van der Waals surface area contributed by atoms with Gasteiger partial charge in [0.15, 0.2) is 5.78 Å². The van der Waals surface area contributed by atoms with Gasteiger partial charge in [-0.15, -0.1) is 0 Å². The number of hydrogen-bond donors (Lipinski definition) is 1. The topological polar surface area (TPSA) is 69.4 Å². The Morgan fingerprint density at radius 2 is 2.06 bits per heavy atom. The number of carbonyl (C=O) groups is 2. The lowest BCUT2D eigenvalue weighted by molar-refractivity contribution is -0.142. The van der Waals surface area contributed by atoms with Crippen LogP contribution >= 0.6 is 0 Å². The second kappa shape index (κ2) is 5.30. The summed E-state index contributed by atoms with van der Waals surface area (Å²) < 4.78 is 4.83.